The van der Waals surface area contributed by atoms with Crippen LogP contribution in [0.4, 0.5) is 4.79 Å². The molecule has 28 heavy (non-hydrogen) atoms. The molecule has 0 radical (unpaired) electrons. The molecule has 1 aliphatic heterocycles. The topological polar surface area (TPSA) is 117 Å². The van der Waals surface area contributed by atoms with Gasteiger partial charge in [0.2, 0.25) is 10.0 Å². The number of hydrogen-bond donors (Lipinski definition) is 2. The van der Waals surface area contributed by atoms with E-state index in [0.29, 0.717) is 32.1 Å². The fraction of sp³-hybridized carbons (Fsp3) is 0.625. The van der Waals surface area contributed by atoms with Gasteiger partial charge in [0, 0.05) is 32.7 Å². The van der Waals surface area contributed by atoms with Crippen molar-refractivity contribution in [3.05, 3.63) is 17.5 Å². The first-order chi connectivity index (χ1) is 12.6. The Kier molecular flexibility index (Phi) is 9.43. The first-order valence-corrected chi connectivity index (χ1v) is 11.0. The molecule has 1 aromatic heterocycles. The quantitative estimate of drug-likeness (QED) is 0.251. The maximum atomic E-state index is 12.1. The second-order valence-electron chi connectivity index (χ2n) is 7.02. The van der Waals surface area contributed by atoms with Crippen molar-refractivity contribution in [2.45, 2.75) is 30.6 Å². The number of amides is 1. The number of sulfonamides is 1. The van der Waals surface area contributed by atoms with Gasteiger partial charge in [-0.25, -0.2) is 17.9 Å². The van der Waals surface area contributed by atoms with Gasteiger partial charge in [0.25, 0.3) is 0 Å². The highest BCUT2D eigenvalue weighted by Crippen LogP contribution is 2.15. The average molecular weight is 545 g/mol. The number of thiophene rings is 1. The van der Waals surface area contributed by atoms with Crippen LogP contribution in [0.1, 0.15) is 20.8 Å². The minimum Gasteiger partial charge on any atom is -0.444 e. The molecule has 1 fully saturated rings. The van der Waals surface area contributed by atoms with E-state index in [9.17, 15) is 13.2 Å². The van der Waals surface area contributed by atoms with Crippen molar-refractivity contribution in [3.63, 3.8) is 0 Å². The Hall–Kier alpha value is -1.12. The van der Waals surface area contributed by atoms with Gasteiger partial charge in [-0.2, -0.15) is 0 Å². The molecule has 0 atom stereocenters. The van der Waals surface area contributed by atoms with Crippen LogP contribution in [0.15, 0.2) is 26.7 Å². The third kappa shape index (κ3) is 7.72. The average Bonchev–Trinajstić information content (AvgIpc) is 3.13. The number of carbonyl (C=O) groups is 1. The van der Waals surface area contributed by atoms with E-state index in [1.165, 1.54) is 0 Å². The van der Waals surface area contributed by atoms with E-state index >= 15 is 0 Å². The second-order valence-corrected chi connectivity index (χ2v) is 9.97. The lowest BCUT2D eigenvalue weighted by Gasteiger charge is -2.36. The van der Waals surface area contributed by atoms with Crippen molar-refractivity contribution >= 4 is 57.4 Å². The normalized spacial score (nSPS) is 15.9. The number of nitrogens with zero attached hydrogens (tertiary/aromatic N) is 3. The van der Waals surface area contributed by atoms with Gasteiger partial charge in [0.15, 0.2) is 5.96 Å². The summed E-state index contributed by atoms with van der Waals surface area (Å²) in [6.07, 6.45) is -0.333. The number of guanidine groups is 1. The van der Waals surface area contributed by atoms with Gasteiger partial charge in [-0.1, -0.05) is 6.07 Å². The molecule has 0 spiro atoms. The van der Waals surface area contributed by atoms with Gasteiger partial charge in [-0.3, -0.25) is 4.99 Å². The molecule has 1 saturated heterocycles. The van der Waals surface area contributed by atoms with E-state index in [4.69, 9.17) is 10.5 Å². The van der Waals surface area contributed by atoms with Crippen LogP contribution < -0.4 is 10.5 Å². The van der Waals surface area contributed by atoms with E-state index in [-0.39, 0.29) is 47.4 Å². The predicted octanol–water partition coefficient (Wildman–Crippen LogP) is 1.51. The van der Waals surface area contributed by atoms with Crippen LogP contribution in [0.2, 0.25) is 0 Å². The first kappa shape index (κ1) is 24.9. The summed E-state index contributed by atoms with van der Waals surface area (Å²) in [6, 6.07) is 3.24. The van der Waals surface area contributed by atoms with Crippen LogP contribution in [0.3, 0.4) is 0 Å². The Morgan fingerprint density at radius 2 is 1.89 bits per heavy atom. The molecular formula is C16H28IN5O4S2. The standard InChI is InChI=1S/C16H27N5O4S2.HI/c1-16(2,3)25-15(22)21-10-8-20(9-11-21)14(17)18-6-7-19-27(23,24)13-5-4-12-26-13;/h4-5,12,19H,6-11H2,1-3H3,(H2,17,18);1H. The Morgan fingerprint density at radius 1 is 1.29 bits per heavy atom. The number of ether oxygens (including phenoxy) is 1. The zero-order valence-corrected chi connectivity index (χ0v) is 20.2. The summed E-state index contributed by atoms with van der Waals surface area (Å²) >= 11 is 1.16. The third-order valence-corrected chi connectivity index (χ3v) is 6.55. The number of nitrogens with two attached hydrogens (primary N) is 1. The fourth-order valence-corrected chi connectivity index (χ4v) is 4.44. The van der Waals surface area contributed by atoms with Gasteiger partial charge in [0.1, 0.15) is 9.81 Å². The molecule has 12 heteroatoms. The van der Waals surface area contributed by atoms with E-state index in [1.54, 1.807) is 22.4 Å². The van der Waals surface area contributed by atoms with Crippen LogP contribution in [0, 0.1) is 0 Å². The highest BCUT2D eigenvalue weighted by Gasteiger charge is 2.26. The summed E-state index contributed by atoms with van der Waals surface area (Å²) in [5.74, 6) is 0.342. The molecule has 1 aliphatic rings. The summed E-state index contributed by atoms with van der Waals surface area (Å²) in [4.78, 5) is 19.8. The van der Waals surface area contributed by atoms with Gasteiger partial charge in [-0.05, 0) is 32.2 Å². The predicted molar refractivity (Wildman–Crippen MR) is 121 cm³/mol. The lowest BCUT2D eigenvalue weighted by Crippen LogP contribution is -2.53. The van der Waals surface area contributed by atoms with Gasteiger partial charge in [0.05, 0.1) is 6.54 Å². The lowest BCUT2D eigenvalue weighted by molar-refractivity contribution is 0.0186. The Labute approximate surface area is 187 Å². The monoisotopic (exact) mass is 545 g/mol. The third-order valence-electron chi connectivity index (χ3n) is 3.69. The summed E-state index contributed by atoms with van der Waals surface area (Å²) in [6.45, 7) is 7.99. The smallest absolute Gasteiger partial charge is 0.410 e. The van der Waals surface area contributed by atoms with Crippen LogP contribution in [0.25, 0.3) is 0 Å². The Balaban J connectivity index is 0.00000392. The molecule has 1 aromatic rings. The number of halogens is 1. The molecule has 0 saturated carbocycles. The van der Waals surface area contributed by atoms with Crippen LogP contribution >= 0.6 is 35.3 Å². The largest absolute Gasteiger partial charge is 0.444 e. The Bertz CT molecular complexity index is 754. The fourth-order valence-electron chi connectivity index (χ4n) is 2.38. The summed E-state index contributed by atoms with van der Waals surface area (Å²) in [5, 5.41) is 1.71. The zero-order chi connectivity index (χ0) is 20.1. The van der Waals surface area contributed by atoms with E-state index in [0.717, 1.165) is 11.3 Å². The van der Waals surface area contributed by atoms with Gasteiger partial charge in [-0.15, -0.1) is 35.3 Å². The van der Waals surface area contributed by atoms with Crippen LogP contribution in [0.5, 0.6) is 0 Å². The van der Waals surface area contributed by atoms with Crippen molar-refractivity contribution in [2.75, 3.05) is 39.3 Å². The van der Waals surface area contributed by atoms with Crippen molar-refractivity contribution < 1.29 is 17.9 Å². The minimum absolute atomic E-state index is 0. The molecule has 0 aromatic carbocycles. The second kappa shape index (κ2) is 10.6. The molecule has 0 aliphatic carbocycles. The van der Waals surface area contributed by atoms with Crippen molar-refractivity contribution in [1.29, 1.82) is 0 Å². The Morgan fingerprint density at radius 3 is 2.43 bits per heavy atom. The molecule has 9 nitrogen and oxygen atoms in total. The number of hydrogen-bond acceptors (Lipinski definition) is 6. The SMILES string of the molecule is CC(C)(C)OC(=O)N1CCN(C(N)=NCCNS(=O)(=O)c2cccs2)CC1.I. The molecule has 1 amide bonds. The number of piperazine rings is 1. The molecule has 0 unspecified atom stereocenters. The first-order valence-electron chi connectivity index (χ1n) is 8.64. The van der Waals surface area contributed by atoms with E-state index in [2.05, 4.69) is 9.71 Å². The number of nitrogens with one attached hydrogen (secondary N) is 1. The molecule has 3 N–H and O–H groups in total. The number of rotatable bonds is 5. The lowest BCUT2D eigenvalue weighted by atomic mass is 10.2. The number of aliphatic imine (C=N–C) groups is 1. The van der Waals surface area contributed by atoms with Crippen LogP contribution in [-0.4, -0.2) is 75.1 Å². The minimum atomic E-state index is -3.48. The maximum Gasteiger partial charge on any atom is 0.410 e. The van der Waals surface area contributed by atoms with Crippen molar-refractivity contribution in [3.8, 4) is 0 Å². The molecule has 160 valence electrons. The van der Waals surface area contributed by atoms with Gasteiger partial charge >= 0.3 is 6.09 Å². The molecule has 2 rings (SSSR count). The van der Waals surface area contributed by atoms with E-state index < -0.39 is 15.6 Å². The summed E-state index contributed by atoms with van der Waals surface area (Å²) in [7, 11) is -3.48. The van der Waals surface area contributed by atoms with Gasteiger partial charge < -0.3 is 20.3 Å². The van der Waals surface area contributed by atoms with Crippen molar-refractivity contribution in [2.24, 2.45) is 10.7 Å². The molecular weight excluding hydrogens is 517 g/mol. The highest BCUT2D eigenvalue weighted by atomic mass is 127. The zero-order valence-electron chi connectivity index (χ0n) is 16.3. The summed E-state index contributed by atoms with van der Waals surface area (Å²) < 4.78 is 32.1. The molecule has 0 bridgehead atoms. The highest BCUT2D eigenvalue weighted by molar-refractivity contribution is 14.0. The summed E-state index contributed by atoms with van der Waals surface area (Å²) in [5.41, 5.74) is 5.46. The van der Waals surface area contributed by atoms with E-state index in [1.807, 2.05) is 25.7 Å². The molecule has 2 heterocycles. The number of carbonyl (C=O) groups excluding carboxylic acids is 1. The maximum absolute atomic E-state index is 12.1. The van der Waals surface area contributed by atoms with Crippen molar-refractivity contribution in [1.82, 2.24) is 14.5 Å². The van der Waals surface area contributed by atoms with Crippen LogP contribution in [-0.2, 0) is 14.8 Å².